The van der Waals surface area contributed by atoms with Crippen molar-refractivity contribution in [3.63, 3.8) is 0 Å². The van der Waals surface area contributed by atoms with Crippen LogP contribution in [0.2, 0.25) is 0 Å². The zero-order chi connectivity index (χ0) is 19.6. The van der Waals surface area contributed by atoms with Crippen molar-refractivity contribution in [2.75, 3.05) is 12.9 Å². The number of thiazole rings is 1. The quantitative estimate of drug-likeness (QED) is 0.563. The first-order valence-electron chi connectivity index (χ1n) is 7.99. The Morgan fingerprint density at radius 3 is 2.67 bits per heavy atom. The number of methoxy groups -OCH3 is 1. The van der Waals surface area contributed by atoms with Gasteiger partial charge in [-0.15, -0.1) is 11.3 Å². The number of benzene rings is 1. The summed E-state index contributed by atoms with van der Waals surface area (Å²) >= 11 is 2.68. The smallest absolute Gasteiger partial charge is 0.344 e. The van der Waals surface area contributed by atoms with Gasteiger partial charge in [-0.05, 0) is 31.5 Å². The maximum Gasteiger partial charge on any atom is 0.344 e. The number of rotatable bonds is 6. The predicted octanol–water partition coefficient (Wildman–Crippen LogP) is 2.05. The summed E-state index contributed by atoms with van der Waals surface area (Å²) in [5.74, 6) is -0.335. The summed E-state index contributed by atoms with van der Waals surface area (Å²) in [7, 11) is 1.54. The van der Waals surface area contributed by atoms with Crippen molar-refractivity contribution in [2.24, 2.45) is 0 Å². The number of nitrogens with one attached hydrogen (secondary N) is 2. The molecule has 0 bridgehead atoms. The molecule has 2 heterocycles. The van der Waals surface area contributed by atoms with Gasteiger partial charge in [0.15, 0.2) is 4.34 Å². The number of hydrogen-bond acceptors (Lipinski definition) is 7. The molecule has 1 aliphatic rings. The maximum atomic E-state index is 12.8. The molecule has 0 spiro atoms. The number of hydrazine groups is 1. The fourth-order valence-electron chi connectivity index (χ4n) is 2.54. The van der Waals surface area contributed by atoms with Crippen LogP contribution < -0.4 is 15.5 Å². The van der Waals surface area contributed by atoms with E-state index in [0.717, 1.165) is 15.0 Å². The lowest BCUT2D eigenvalue weighted by molar-refractivity contribution is -0.138. The molecule has 8 nitrogen and oxygen atoms in total. The van der Waals surface area contributed by atoms with Gasteiger partial charge in [0, 0.05) is 11.1 Å². The van der Waals surface area contributed by atoms with Gasteiger partial charge >= 0.3 is 6.03 Å². The van der Waals surface area contributed by atoms with E-state index in [4.69, 9.17) is 4.74 Å². The second-order valence-electron chi connectivity index (χ2n) is 6.00. The highest BCUT2D eigenvalue weighted by Crippen LogP contribution is 2.29. The van der Waals surface area contributed by atoms with E-state index >= 15 is 0 Å². The summed E-state index contributed by atoms with van der Waals surface area (Å²) in [6.45, 7) is 3.46. The Bertz CT molecular complexity index is 883. The first-order chi connectivity index (χ1) is 12.8. The molecule has 27 heavy (non-hydrogen) atoms. The highest BCUT2D eigenvalue weighted by molar-refractivity contribution is 8.01. The number of urea groups is 1. The second-order valence-corrected chi connectivity index (χ2v) is 8.08. The van der Waals surface area contributed by atoms with Crippen LogP contribution in [0.15, 0.2) is 34.0 Å². The molecule has 2 aromatic rings. The van der Waals surface area contributed by atoms with Crippen LogP contribution in [-0.2, 0) is 15.1 Å². The molecule has 1 aromatic carbocycles. The third kappa shape index (κ3) is 3.91. The van der Waals surface area contributed by atoms with Gasteiger partial charge in [-0.3, -0.25) is 15.0 Å². The van der Waals surface area contributed by atoms with Gasteiger partial charge in [-0.2, -0.15) is 5.01 Å². The summed E-state index contributed by atoms with van der Waals surface area (Å²) in [5, 5.41) is 5.24. The number of carbonyl (C=O) groups is 3. The molecule has 3 rings (SSSR count). The first-order valence-corrected chi connectivity index (χ1v) is 9.85. The molecule has 0 radical (unpaired) electrons. The SMILES string of the molecule is COc1ccc([C@@]2(C)NC(=O)N(NC(=O)CSc3nc(C)cs3)C2=O)cc1. The number of imide groups is 1. The predicted molar refractivity (Wildman–Crippen MR) is 101 cm³/mol. The number of hydrogen-bond donors (Lipinski definition) is 2. The lowest BCUT2D eigenvalue weighted by Crippen LogP contribution is -2.48. The minimum absolute atomic E-state index is 0.0449. The van der Waals surface area contributed by atoms with Crippen molar-refractivity contribution < 1.29 is 19.1 Å². The van der Waals surface area contributed by atoms with E-state index in [1.807, 2.05) is 12.3 Å². The van der Waals surface area contributed by atoms with Crippen LogP contribution in [0.1, 0.15) is 18.2 Å². The van der Waals surface area contributed by atoms with Gasteiger partial charge in [-0.1, -0.05) is 23.9 Å². The van der Waals surface area contributed by atoms with E-state index in [2.05, 4.69) is 15.7 Å². The zero-order valence-corrected chi connectivity index (χ0v) is 16.6. The van der Waals surface area contributed by atoms with E-state index in [9.17, 15) is 14.4 Å². The van der Waals surface area contributed by atoms with Crippen molar-refractivity contribution in [2.45, 2.75) is 23.7 Å². The summed E-state index contributed by atoms with van der Waals surface area (Å²) in [5.41, 5.74) is 2.57. The Balaban J connectivity index is 1.66. The van der Waals surface area contributed by atoms with E-state index < -0.39 is 23.4 Å². The van der Waals surface area contributed by atoms with Crippen LogP contribution in [-0.4, -0.2) is 40.7 Å². The van der Waals surface area contributed by atoms with Gasteiger partial charge in [0.1, 0.15) is 11.3 Å². The lowest BCUT2D eigenvalue weighted by Gasteiger charge is -2.22. The van der Waals surface area contributed by atoms with Gasteiger partial charge < -0.3 is 10.1 Å². The standard InChI is InChI=1S/C17H18N4O4S2/c1-10-8-26-16(18-10)27-9-13(22)20-21-14(23)17(2,19-15(21)24)11-4-6-12(25-3)7-5-11/h4-8H,9H2,1-3H3,(H,19,24)(H,20,22)/t17-/m1/s1. The summed E-state index contributed by atoms with van der Waals surface area (Å²) in [6, 6.07) is 6.12. The fourth-order valence-corrected chi connectivity index (χ4v) is 4.19. The van der Waals surface area contributed by atoms with Crippen molar-refractivity contribution >= 4 is 40.9 Å². The molecule has 2 N–H and O–H groups in total. The van der Waals surface area contributed by atoms with E-state index in [1.54, 1.807) is 38.3 Å². The minimum atomic E-state index is -1.27. The fraction of sp³-hybridized carbons (Fsp3) is 0.294. The molecule has 1 atom stereocenters. The van der Waals surface area contributed by atoms with Crippen LogP contribution in [0.5, 0.6) is 5.75 Å². The third-order valence-electron chi connectivity index (χ3n) is 4.02. The summed E-state index contributed by atoms with van der Waals surface area (Å²) < 4.78 is 5.86. The van der Waals surface area contributed by atoms with Gasteiger partial charge in [0.2, 0.25) is 5.91 Å². The largest absolute Gasteiger partial charge is 0.497 e. The number of carbonyl (C=O) groups excluding carboxylic acids is 3. The molecule has 4 amide bonds. The van der Waals surface area contributed by atoms with E-state index in [-0.39, 0.29) is 5.75 Å². The molecule has 1 fully saturated rings. The molecule has 1 saturated heterocycles. The number of ether oxygens (including phenoxy) is 1. The normalized spacial score (nSPS) is 19.1. The molecular weight excluding hydrogens is 388 g/mol. The molecule has 0 unspecified atom stereocenters. The minimum Gasteiger partial charge on any atom is -0.497 e. The molecule has 1 aliphatic heterocycles. The van der Waals surface area contributed by atoms with Crippen molar-refractivity contribution in [3.05, 3.63) is 40.9 Å². The van der Waals surface area contributed by atoms with Crippen molar-refractivity contribution in [1.82, 2.24) is 20.7 Å². The Morgan fingerprint density at radius 1 is 1.37 bits per heavy atom. The van der Waals surface area contributed by atoms with Crippen molar-refractivity contribution in [3.8, 4) is 5.75 Å². The summed E-state index contributed by atoms with van der Waals surface area (Å²) in [6.07, 6.45) is 0. The average molecular weight is 406 g/mol. The molecule has 1 aromatic heterocycles. The van der Waals surface area contributed by atoms with Gasteiger partial charge in [-0.25, -0.2) is 9.78 Å². The van der Waals surface area contributed by atoms with Gasteiger partial charge in [0.25, 0.3) is 5.91 Å². The Kier molecular flexibility index (Phi) is 5.38. The molecule has 0 aliphatic carbocycles. The Hall–Kier alpha value is -2.59. The maximum absolute atomic E-state index is 12.8. The molecule has 142 valence electrons. The zero-order valence-electron chi connectivity index (χ0n) is 14.9. The highest BCUT2D eigenvalue weighted by Gasteiger charge is 2.50. The highest BCUT2D eigenvalue weighted by atomic mass is 32.2. The second kappa shape index (κ2) is 7.57. The van der Waals surface area contributed by atoms with E-state index in [1.165, 1.54) is 23.1 Å². The Labute approximate surface area is 164 Å². The number of nitrogens with zero attached hydrogens (tertiary/aromatic N) is 2. The van der Waals surface area contributed by atoms with Crippen LogP contribution in [0, 0.1) is 6.92 Å². The average Bonchev–Trinajstić information content (AvgIpc) is 3.17. The molecule has 0 saturated carbocycles. The monoisotopic (exact) mass is 406 g/mol. The van der Waals surface area contributed by atoms with E-state index in [0.29, 0.717) is 11.3 Å². The number of aryl methyl sites for hydroxylation is 1. The van der Waals surface area contributed by atoms with Crippen LogP contribution >= 0.6 is 23.1 Å². The van der Waals surface area contributed by atoms with Crippen LogP contribution in [0.3, 0.4) is 0 Å². The topological polar surface area (TPSA) is 101 Å². The third-order valence-corrected chi connectivity index (χ3v) is 6.16. The van der Waals surface area contributed by atoms with Crippen LogP contribution in [0.4, 0.5) is 4.79 Å². The number of aromatic nitrogens is 1. The number of thioether (sulfide) groups is 1. The molecular formula is C17H18N4O4S2. The first kappa shape index (κ1) is 19.2. The van der Waals surface area contributed by atoms with Crippen molar-refractivity contribution in [1.29, 1.82) is 0 Å². The summed E-state index contributed by atoms with van der Waals surface area (Å²) in [4.78, 5) is 41.4. The van der Waals surface area contributed by atoms with Gasteiger partial charge in [0.05, 0.1) is 12.9 Å². The molecule has 10 heteroatoms. The number of amides is 4. The Morgan fingerprint density at radius 2 is 2.07 bits per heavy atom. The lowest BCUT2D eigenvalue weighted by atomic mass is 9.92. The van der Waals surface area contributed by atoms with Crippen LogP contribution in [0.25, 0.3) is 0 Å².